The number of hydrogen-bond donors (Lipinski definition) is 2. The van der Waals surface area contributed by atoms with Gasteiger partial charge in [-0.15, -0.1) is 11.8 Å². The van der Waals surface area contributed by atoms with Gasteiger partial charge in [0.05, 0.1) is 17.0 Å². The van der Waals surface area contributed by atoms with Crippen molar-refractivity contribution in [3.8, 4) is 0 Å². The van der Waals surface area contributed by atoms with Crippen LogP contribution < -0.4 is 10.6 Å². The SMILES string of the molecule is O=C(CSc1ccccc1Cl)Nc1ccc(NC(=O)c2ccco2)cc1. The number of furan rings is 1. The third-order valence-electron chi connectivity index (χ3n) is 3.37. The third-order valence-corrected chi connectivity index (χ3v) is 4.88. The Hall–Kier alpha value is -2.70. The molecule has 0 aliphatic carbocycles. The topological polar surface area (TPSA) is 71.3 Å². The molecule has 132 valence electrons. The molecule has 0 aliphatic heterocycles. The van der Waals surface area contributed by atoms with Gasteiger partial charge in [0.1, 0.15) is 0 Å². The molecule has 0 saturated carbocycles. The lowest BCUT2D eigenvalue weighted by Crippen LogP contribution is -2.14. The molecule has 7 heteroatoms. The van der Waals surface area contributed by atoms with Crippen molar-refractivity contribution in [2.75, 3.05) is 16.4 Å². The molecule has 0 unspecified atom stereocenters. The highest BCUT2D eigenvalue weighted by molar-refractivity contribution is 8.00. The number of rotatable bonds is 6. The van der Waals surface area contributed by atoms with Gasteiger partial charge < -0.3 is 15.1 Å². The molecule has 0 aliphatic rings. The van der Waals surface area contributed by atoms with Crippen molar-refractivity contribution in [3.63, 3.8) is 0 Å². The number of carbonyl (C=O) groups excluding carboxylic acids is 2. The first-order valence-corrected chi connectivity index (χ1v) is 9.10. The van der Waals surface area contributed by atoms with E-state index in [1.807, 2.05) is 18.2 Å². The highest BCUT2D eigenvalue weighted by Gasteiger charge is 2.09. The maximum atomic E-state index is 12.1. The van der Waals surface area contributed by atoms with E-state index in [1.54, 1.807) is 42.5 Å². The number of benzene rings is 2. The number of anilines is 2. The summed E-state index contributed by atoms with van der Waals surface area (Å²) < 4.78 is 5.03. The zero-order valence-corrected chi connectivity index (χ0v) is 15.1. The Morgan fingerprint density at radius 2 is 1.62 bits per heavy atom. The van der Waals surface area contributed by atoms with E-state index in [2.05, 4.69) is 10.6 Å². The standard InChI is InChI=1S/C19H15ClN2O3S/c20-15-4-1-2-6-17(15)26-12-18(23)21-13-7-9-14(10-8-13)22-19(24)16-5-3-11-25-16/h1-11H,12H2,(H,21,23)(H,22,24). The van der Waals surface area contributed by atoms with Crippen molar-refractivity contribution in [2.24, 2.45) is 0 Å². The molecule has 2 aromatic carbocycles. The van der Waals surface area contributed by atoms with E-state index in [4.69, 9.17) is 16.0 Å². The monoisotopic (exact) mass is 386 g/mol. The van der Waals surface area contributed by atoms with Gasteiger partial charge in [-0.2, -0.15) is 0 Å². The van der Waals surface area contributed by atoms with Crippen LogP contribution in [0.2, 0.25) is 5.02 Å². The number of hydrogen-bond acceptors (Lipinski definition) is 4. The van der Waals surface area contributed by atoms with Gasteiger partial charge in [-0.3, -0.25) is 9.59 Å². The predicted octanol–water partition coefficient (Wildman–Crippen LogP) is 4.92. The van der Waals surface area contributed by atoms with Gasteiger partial charge in [-0.25, -0.2) is 0 Å². The molecule has 0 radical (unpaired) electrons. The molecule has 2 amide bonds. The van der Waals surface area contributed by atoms with E-state index in [1.165, 1.54) is 18.0 Å². The highest BCUT2D eigenvalue weighted by atomic mass is 35.5. The molecule has 0 bridgehead atoms. The Kier molecular flexibility index (Phi) is 5.99. The van der Waals surface area contributed by atoms with Crippen LogP contribution in [-0.4, -0.2) is 17.6 Å². The smallest absolute Gasteiger partial charge is 0.291 e. The molecule has 0 atom stereocenters. The summed E-state index contributed by atoms with van der Waals surface area (Å²) in [6.45, 7) is 0. The minimum atomic E-state index is -0.331. The quantitative estimate of drug-likeness (QED) is 0.590. The van der Waals surface area contributed by atoms with E-state index in [0.29, 0.717) is 16.4 Å². The second kappa shape index (κ2) is 8.60. The van der Waals surface area contributed by atoms with Crippen molar-refractivity contribution in [1.29, 1.82) is 0 Å². The van der Waals surface area contributed by atoms with Crippen LogP contribution in [0.15, 0.2) is 76.2 Å². The number of carbonyl (C=O) groups is 2. The van der Waals surface area contributed by atoms with Crippen LogP contribution in [0.5, 0.6) is 0 Å². The summed E-state index contributed by atoms with van der Waals surface area (Å²) >= 11 is 7.44. The fourth-order valence-corrected chi connectivity index (χ4v) is 3.18. The maximum absolute atomic E-state index is 12.1. The zero-order chi connectivity index (χ0) is 18.4. The van der Waals surface area contributed by atoms with Crippen LogP contribution in [0.1, 0.15) is 10.6 Å². The molecule has 1 aromatic heterocycles. The average molecular weight is 387 g/mol. The van der Waals surface area contributed by atoms with Gasteiger partial charge in [-0.1, -0.05) is 23.7 Å². The Morgan fingerprint density at radius 1 is 0.923 bits per heavy atom. The molecule has 0 fully saturated rings. The lowest BCUT2D eigenvalue weighted by atomic mass is 10.2. The second-order valence-electron chi connectivity index (χ2n) is 5.28. The minimum absolute atomic E-state index is 0.137. The number of halogens is 1. The van der Waals surface area contributed by atoms with E-state index in [9.17, 15) is 9.59 Å². The predicted molar refractivity (Wildman–Crippen MR) is 104 cm³/mol. The van der Waals surface area contributed by atoms with E-state index >= 15 is 0 Å². The lowest BCUT2D eigenvalue weighted by Gasteiger charge is -2.08. The van der Waals surface area contributed by atoms with Crippen molar-refractivity contribution < 1.29 is 14.0 Å². The van der Waals surface area contributed by atoms with Crippen molar-refractivity contribution in [2.45, 2.75) is 4.90 Å². The van der Waals surface area contributed by atoms with Crippen molar-refractivity contribution in [3.05, 3.63) is 77.7 Å². The van der Waals surface area contributed by atoms with Gasteiger partial charge in [0.25, 0.3) is 5.91 Å². The van der Waals surface area contributed by atoms with Gasteiger partial charge in [0, 0.05) is 16.3 Å². The maximum Gasteiger partial charge on any atom is 0.291 e. The third kappa shape index (κ3) is 4.91. The molecule has 5 nitrogen and oxygen atoms in total. The van der Waals surface area contributed by atoms with Gasteiger partial charge in [0.2, 0.25) is 5.91 Å². The van der Waals surface area contributed by atoms with Crippen LogP contribution in [0.25, 0.3) is 0 Å². The fraction of sp³-hybridized carbons (Fsp3) is 0.0526. The first-order valence-electron chi connectivity index (χ1n) is 7.74. The van der Waals surface area contributed by atoms with E-state index < -0.39 is 0 Å². The Balaban J connectivity index is 1.51. The average Bonchev–Trinajstić information content (AvgIpc) is 3.17. The van der Waals surface area contributed by atoms with E-state index in [0.717, 1.165) is 4.90 Å². The molecule has 0 saturated heterocycles. The molecule has 3 aromatic rings. The summed E-state index contributed by atoms with van der Waals surface area (Å²) in [6, 6.07) is 17.5. The largest absolute Gasteiger partial charge is 0.459 e. The Labute approximate surface area is 159 Å². The Morgan fingerprint density at radius 3 is 2.27 bits per heavy atom. The normalized spacial score (nSPS) is 10.3. The van der Waals surface area contributed by atoms with Gasteiger partial charge in [-0.05, 0) is 48.5 Å². The van der Waals surface area contributed by atoms with Crippen molar-refractivity contribution >= 4 is 46.6 Å². The van der Waals surface area contributed by atoms with Crippen LogP contribution >= 0.6 is 23.4 Å². The molecule has 2 N–H and O–H groups in total. The van der Waals surface area contributed by atoms with Crippen LogP contribution in [0.3, 0.4) is 0 Å². The summed E-state index contributed by atoms with van der Waals surface area (Å²) in [4.78, 5) is 24.8. The van der Waals surface area contributed by atoms with Crippen LogP contribution in [0, 0.1) is 0 Å². The Bertz CT molecular complexity index is 895. The van der Waals surface area contributed by atoms with Crippen LogP contribution in [0.4, 0.5) is 11.4 Å². The number of nitrogens with one attached hydrogen (secondary N) is 2. The fourth-order valence-electron chi connectivity index (χ4n) is 2.14. The molecule has 26 heavy (non-hydrogen) atoms. The molecule has 0 spiro atoms. The van der Waals surface area contributed by atoms with E-state index in [-0.39, 0.29) is 23.3 Å². The first-order chi connectivity index (χ1) is 12.6. The number of amides is 2. The molecule has 1 heterocycles. The van der Waals surface area contributed by atoms with Gasteiger partial charge >= 0.3 is 0 Å². The van der Waals surface area contributed by atoms with Crippen LogP contribution in [-0.2, 0) is 4.79 Å². The summed E-state index contributed by atoms with van der Waals surface area (Å²) in [5.74, 6) is 0.0185. The summed E-state index contributed by atoms with van der Waals surface area (Å²) in [5, 5.41) is 6.15. The lowest BCUT2D eigenvalue weighted by molar-refractivity contribution is -0.113. The summed E-state index contributed by atoms with van der Waals surface area (Å²) in [5.41, 5.74) is 1.25. The molecular weight excluding hydrogens is 372 g/mol. The van der Waals surface area contributed by atoms with Gasteiger partial charge in [0.15, 0.2) is 5.76 Å². The van der Waals surface area contributed by atoms with Crippen molar-refractivity contribution in [1.82, 2.24) is 0 Å². The first kappa shape index (κ1) is 18.1. The molecule has 3 rings (SSSR count). The summed E-state index contributed by atoms with van der Waals surface area (Å²) in [6.07, 6.45) is 1.44. The second-order valence-corrected chi connectivity index (χ2v) is 6.70. The minimum Gasteiger partial charge on any atom is -0.459 e. The molecular formula is C19H15ClN2O3S. The summed E-state index contributed by atoms with van der Waals surface area (Å²) in [7, 11) is 0. The number of thioether (sulfide) groups is 1. The zero-order valence-electron chi connectivity index (χ0n) is 13.6. The highest BCUT2D eigenvalue weighted by Crippen LogP contribution is 2.26.